The van der Waals surface area contributed by atoms with Crippen LogP contribution in [0.5, 0.6) is 0 Å². The van der Waals surface area contributed by atoms with Crippen LogP contribution in [0.15, 0.2) is 17.4 Å². The summed E-state index contributed by atoms with van der Waals surface area (Å²) in [7, 11) is -11.3. The lowest BCUT2D eigenvalue weighted by atomic mass is 10.3. The second kappa shape index (κ2) is 7.59. The molecule has 1 aliphatic heterocycles. The van der Waals surface area contributed by atoms with Gasteiger partial charge in [0.1, 0.15) is 6.20 Å². The van der Waals surface area contributed by atoms with Crippen molar-refractivity contribution in [1.82, 2.24) is 0 Å². The highest BCUT2D eigenvalue weighted by Crippen LogP contribution is 2.36. The zero-order valence-corrected chi connectivity index (χ0v) is 14.8. The van der Waals surface area contributed by atoms with E-state index in [9.17, 15) is 43.2 Å². The van der Waals surface area contributed by atoms with Gasteiger partial charge in [-0.05, 0) is 6.42 Å². The summed E-state index contributed by atoms with van der Waals surface area (Å²) in [4.78, 5) is 4.22. The summed E-state index contributed by atoms with van der Waals surface area (Å²) in [6.45, 7) is 5.43. The van der Waals surface area contributed by atoms with Gasteiger partial charge in [-0.1, -0.05) is 6.92 Å². The van der Waals surface area contributed by atoms with Crippen molar-refractivity contribution in [2.24, 2.45) is 4.99 Å². The summed E-state index contributed by atoms with van der Waals surface area (Å²) in [5, 5.41) is 0. The molecule has 0 spiro atoms. The van der Waals surface area contributed by atoms with E-state index in [1.807, 2.05) is 6.20 Å². The van der Waals surface area contributed by atoms with Crippen molar-refractivity contribution in [3.8, 4) is 0 Å². The van der Waals surface area contributed by atoms with Crippen molar-refractivity contribution in [3.05, 3.63) is 16.5 Å². The molecule has 0 radical (unpaired) electrons. The number of aliphatic imine (C=N–C) groups is 1. The Morgan fingerprint density at radius 3 is 1.68 bits per heavy atom. The van der Waals surface area contributed by atoms with Gasteiger partial charge >= 0.3 is 11.0 Å². The van der Waals surface area contributed by atoms with Crippen LogP contribution in [0.3, 0.4) is 0 Å². The molecule has 1 heterocycles. The van der Waals surface area contributed by atoms with E-state index >= 15 is 0 Å². The zero-order valence-electron chi connectivity index (χ0n) is 13.1. The van der Waals surface area contributed by atoms with Crippen LogP contribution < -0.4 is 0 Å². The monoisotopic (exact) mass is 419 g/mol. The van der Waals surface area contributed by atoms with Gasteiger partial charge < -0.3 is 4.13 Å². The first-order chi connectivity index (χ1) is 10.9. The molecule has 25 heavy (non-hydrogen) atoms. The van der Waals surface area contributed by atoms with Crippen LogP contribution >= 0.6 is 0 Å². The van der Waals surface area contributed by atoms with Crippen molar-refractivity contribution in [1.29, 1.82) is 0 Å². The molecule has 0 fully saturated rings. The van der Waals surface area contributed by atoms with E-state index in [-0.39, 0.29) is 0 Å². The molecule has 1 unspecified atom stereocenters. The molecule has 0 aromatic carbocycles. The van der Waals surface area contributed by atoms with Gasteiger partial charge in [-0.2, -0.15) is 26.3 Å². The van der Waals surface area contributed by atoms with Gasteiger partial charge in [-0.25, -0.2) is 21.8 Å². The first kappa shape index (κ1) is 23.8. The fourth-order valence-corrected chi connectivity index (χ4v) is 3.15. The lowest BCUT2D eigenvalue weighted by molar-refractivity contribution is -0.764. The number of quaternary nitrogens is 1. The molecule has 0 aromatic heterocycles. The average molecular weight is 419 g/mol. The zero-order chi connectivity index (χ0) is 20.3. The molecule has 1 aliphatic rings. The van der Waals surface area contributed by atoms with Gasteiger partial charge in [0.05, 0.1) is 19.8 Å². The molecule has 0 N–H and O–H groups in total. The maximum Gasteiger partial charge on any atom is 0.480 e. The van der Waals surface area contributed by atoms with Gasteiger partial charge in [0, 0.05) is 6.92 Å². The van der Waals surface area contributed by atoms with Crippen molar-refractivity contribution in [2.45, 2.75) is 31.3 Å². The van der Waals surface area contributed by atoms with E-state index in [1.54, 1.807) is 0 Å². The Hall–Kier alpha value is -1.19. The number of halogens is 6. The number of hydrogen-bond donors (Lipinski definition) is 0. The fourth-order valence-electron chi connectivity index (χ4n) is 1.44. The van der Waals surface area contributed by atoms with Crippen LogP contribution in [0, 0.1) is 0 Å². The third-order valence-electron chi connectivity index (χ3n) is 2.87. The van der Waals surface area contributed by atoms with Crippen LogP contribution in [0.25, 0.3) is 4.13 Å². The first-order valence-electron chi connectivity index (χ1n) is 6.34. The molecule has 1 rings (SSSR count). The minimum Gasteiger partial charge on any atom is -0.421 e. The lowest BCUT2D eigenvalue weighted by Gasteiger charge is -2.24. The van der Waals surface area contributed by atoms with E-state index in [1.165, 1.54) is 12.3 Å². The average Bonchev–Trinajstić information content (AvgIpc) is 2.66. The molecule has 15 heteroatoms. The van der Waals surface area contributed by atoms with E-state index in [0.29, 0.717) is 0 Å². The van der Waals surface area contributed by atoms with Gasteiger partial charge in [0.25, 0.3) is 0 Å². The van der Waals surface area contributed by atoms with E-state index in [4.69, 9.17) is 0 Å². The number of sulfonamides is 2. The van der Waals surface area contributed by atoms with Crippen LogP contribution in [0.2, 0.25) is 0 Å². The summed E-state index contributed by atoms with van der Waals surface area (Å²) < 4.78 is 110. The summed E-state index contributed by atoms with van der Waals surface area (Å²) in [5.74, 6) is 1.20. The van der Waals surface area contributed by atoms with Crippen LogP contribution in [0.1, 0.15) is 20.3 Å². The minimum atomic E-state index is -6.72. The number of rotatable bonds is 4. The Balaban J connectivity index is 0.000000496. The molecule has 0 aliphatic carbocycles. The van der Waals surface area contributed by atoms with Crippen molar-refractivity contribution in [3.63, 3.8) is 0 Å². The summed E-state index contributed by atoms with van der Waals surface area (Å²) in [6.07, 6.45) is 5.23. The predicted octanol–water partition coefficient (Wildman–Crippen LogP) is 2.81. The Morgan fingerprint density at radius 2 is 1.44 bits per heavy atom. The predicted molar refractivity (Wildman–Crippen MR) is 76.9 cm³/mol. The molecule has 7 nitrogen and oxygen atoms in total. The SMILES string of the molecule is CCC[N+]1(C)C=CN=C1C.O=S(=O)([N-]S(=O)(=O)C(F)(F)F)C(F)(F)F. The highest BCUT2D eigenvalue weighted by atomic mass is 32.3. The molecular weight excluding hydrogens is 404 g/mol. The van der Waals surface area contributed by atoms with Crippen LogP contribution in [-0.2, 0) is 20.0 Å². The number of nitrogens with zero attached hydrogens (tertiary/aromatic N) is 3. The number of amidine groups is 1. The smallest absolute Gasteiger partial charge is 0.421 e. The Labute approximate surface area is 140 Å². The quantitative estimate of drug-likeness (QED) is 0.517. The molecule has 0 aromatic rings. The number of alkyl halides is 6. The van der Waals surface area contributed by atoms with Gasteiger partial charge in [0.15, 0.2) is 20.0 Å². The Morgan fingerprint density at radius 1 is 1.04 bits per heavy atom. The summed E-state index contributed by atoms with van der Waals surface area (Å²) in [5.41, 5.74) is -12.4. The molecule has 0 bridgehead atoms. The van der Waals surface area contributed by atoms with Gasteiger partial charge in [-0.3, -0.25) is 4.48 Å². The van der Waals surface area contributed by atoms with E-state index in [2.05, 4.69) is 32.1 Å². The largest absolute Gasteiger partial charge is 0.480 e. The Kier molecular flexibility index (Phi) is 7.23. The molecule has 0 saturated carbocycles. The second-order valence-corrected chi connectivity index (χ2v) is 8.30. The van der Waals surface area contributed by atoms with Crippen LogP contribution in [0.4, 0.5) is 26.3 Å². The molecule has 0 amide bonds. The highest BCUT2D eigenvalue weighted by Gasteiger charge is 2.46. The van der Waals surface area contributed by atoms with Crippen molar-refractivity contribution >= 4 is 25.9 Å². The maximum atomic E-state index is 11.4. The lowest BCUT2D eigenvalue weighted by Crippen LogP contribution is -2.41. The topological polar surface area (TPSA) is 94.7 Å². The first-order valence-corrected chi connectivity index (χ1v) is 9.22. The highest BCUT2D eigenvalue weighted by molar-refractivity contribution is 8.13. The Bertz CT molecular complexity index is 698. The van der Waals surface area contributed by atoms with Gasteiger partial charge in [-0.15, -0.1) is 0 Å². The third-order valence-corrected chi connectivity index (χ3v) is 5.61. The number of hydrogen-bond acceptors (Lipinski definition) is 5. The van der Waals surface area contributed by atoms with E-state index in [0.717, 1.165) is 15.2 Å². The maximum absolute atomic E-state index is 11.4. The second-order valence-electron chi connectivity index (χ2n) is 4.88. The van der Waals surface area contributed by atoms with Crippen LogP contribution in [-0.4, -0.2) is 51.8 Å². The van der Waals surface area contributed by atoms with E-state index < -0.39 is 31.1 Å². The third kappa shape index (κ3) is 6.23. The molecule has 1 atom stereocenters. The minimum absolute atomic E-state index is 0.778. The molecule has 0 saturated heterocycles. The molecule has 148 valence electrons. The summed E-state index contributed by atoms with van der Waals surface area (Å²) in [6, 6.07) is 0. The van der Waals surface area contributed by atoms with Crippen molar-refractivity contribution in [2.75, 3.05) is 13.6 Å². The standard InChI is InChI=1S/C8H15N2.C2F6NO4S2/c1-4-6-10(3)7-5-9-8(10)2;3-1(4,5)14(10,11)9-15(12,13)2(6,7)8/h5,7H,4,6H2,1-3H3;/q+1;-1. The van der Waals surface area contributed by atoms with Crippen molar-refractivity contribution < 1.29 is 47.7 Å². The molecular formula is C10H15F6N3O4S2. The summed E-state index contributed by atoms with van der Waals surface area (Å²) >= 11 is 0. The van der Waals surface area contributed by atoms with Gasteiger partial charge in [0.2, 0.25) is 5.84 Å². The fraction of sp³-hybridized carbons (Fsp3) is 0.700. The normalized spacial score (nSPS) is 21.6.